The Bertz CT molecular complexity index is 1650. The second-order valence-electron chi connectivity index (χ2n) is 8.97. The number of hydrogen-bond acceptors (Lipinski definition) is 4. The number of hydrogen-bond donors (Lipinski definition) is 1. The molecule has 1 amide bonds. The molecule has 0 spiro atoms. The molecule has 0 radical (unpaired) electrons. The molecule has 8 heteroatoms. The second kappa shape index (κ2) is 9.99. The molecule has 0 atom stereocenters. The normalized spacial score (nSPS) is 11.4. The molecule has 0 aliphatic rings. The first-order valence-corrected chi connectivity index (χ1v) is 11.7. The molecule has 0 aliphatic heterocycles. The van der Waals surface area contributed by atoms with E-state index in [0.29, 0.717) is 51.8 Å². The number of nitrogens with zero attached hydrogens (tertiary/aromatic N) is 3. The molecule has 0 aliphatic carbocycles. The highest BCUT2D eigenvalue weighted by molar-refractivity contribution is 6.08. The Labute approximate surface area is 211 Å². The molecule has 0 unspecified atom stereocenters. The molecule has 0 saturated heterocycles. The van der Waals surface area contributed by atoms with Crippen LogP contribution in [0.2, 0.25) is 0 Å². The van der Waals surface area contributed by atoms with Gasteiger partial charge in [0, 0.05) is 35.0 Å². The highest BCUT2D eigenvalue weighted by Crippen LogP contribution is 2.34. The third-order valence-electron chi connectivity index (χ3n) is 6.06. The standard InChI is InChI=1S/C29H23F3N4O/c1-36(2)12-11-33-29(37)23-16-28(35-26-10-8-18(31)14-21(23)26)22-15-27(19-5-3-4-6-24(19)32)34-25-9-7-17(30)13-20(22)25/h3-10,13-16H,11-12H2,1-2H3,(H,33,37). The van der Waals surface area contributed by atoms with Crippen LogP contribution in [0.15, 0.2) is 72.8 Å². The van der Waals surface area contributed by atoms with Crippen molar-refractivity contribution in [3.05, 3.63) is 95.8 Å². The minimum Gasteiger partial charge on any atom is -0.351 e. The van der Waals surface area contributed by atoms with Crippen LogP contribution in [0.25, 0.3) is 44.3 Å². The van der Waals surface area contributed by atoms with Crippen molar-refractivity contribution < 1.29 is 18.0 Å². The Balaban J connectivity index is 1.74. The predicted molar refractivity (Wildman–Crippen MR) is 139 cm³/mol. The molecule has 5 aromatic rings. The third-order valence-corrected chi connectivity index (χ3v) is 6.06. The smallest absolute Gasteiger partial charge is 0.252 e. The van der Waals surface area contributed by atoms with Gasteiger partial charge in [-0.15, -0.1) is 0 Å². The predicted octanol–water partition coefficient (Wildman–Crippen LogP) is 5.83. The molecular formula is C29H23F3N4O. The lowest BCUT2D eigenvalue weighted by Gasteiger charge is -2.14. The summed E-state index contributed by atoms with van der Waals surface area (Å²) in [6, 6.07) is 17.6. The fourth-order valence-corrected chi connectivity index (χ4v) is 4.23. The molecule has 0 fully saturated rings. The van der Waals surface area contributed by atoms with Crippen molar-refractivity contribution >= 4 is 27.7 Å². The van der Waals surface area contributed by atoms with Crippen molar-refractivity contribution in [3.63, 3.8) is 0 Å². The maximum absolute atomic E-state index is 14.7. The Morgan fingerprint density at radius 1 is 0.784 bits per heavy atom. The van der Waals surface area contributed by atoms with Crippen LogP contribution in [-0.4, -0.2) is 48.0 Å². The van der Waals surface area contributed by atoms with Gasteiger partial charge in [0.2, 0.25) is 0 Å². The fraction of sp³-hybridized carbons (Fsp3) is 0.138. The van der Waals surface area contributed by atoms with Crippen LogP contribution in [-0.2, 0) is 0 Å². The van der Waals surface area contributed by atoms with Crippen LogP contribution >= 0.6 is 0 Å². The average molecular weight is 501 g/mol. The third kappa shape index (κ3) is 5.01. The zero-order chi connectivity index (χ0) is 26.1. The van der Waals surface area contributed by atoms with Crippen molar-refractivity contribution in [1.29, 1.82) is 0 Å². The van der Waals surface area contributed by atoms with Gasteiger partial charge in [-0.25, -0.2) is 23.1 Å². The number of fused-ring (bicyclic) bond motifs is 2. The van der Waals surface area contributed by atoms with Gasteiger partial charge >= 0.3 is 0 Å². The summed E-state index contributed by atoms with van der Waals surface area (Å²) in [4.78, 5) is 24.3. The lowest BCUT2D eigenvalue weighted by molar-refractivity contribution is 0.0952. The highest BCUT2D eigenvalue weighted by Gasteiger charge is 2.18. The van der Waals surface area contributed by atoms with E-state index in [9.17, 15) is 18.0 Å². The summed E-state index contributed by atoms with van der Waals surface area (Å²) in [6.07, 6.45) is 0. The van der Waals surface area contributed by atoms with E-state index in [1.807, 2.05) is 19.0 Å². The Morgan fingerprint density at radius 2 is 1.41 bits per heavy atom. The van der Waals surface area contributed by atoms with Gasteiger partial charge in [0.05, 0.1) is 28.0 Å². The van der Waals surface area contributed by atoms with Gasteiger partial charge in [-0.2, -0.15) is 0 Å². The number of pyridine rings is 2. The molecule has 5 nitrogen and oxygen atoms in total. The van der Waals surface area contributed by atoms with Crippen LogP contribution in [0, 0.1) is 17.5 Å². The van der Waals surface area contributed by atoms with Gasteiger partial charge in [-0.1, -0.05) is 12.1 Å². The molecule has 3 aromatic carbocycles. The van der Waals surface area contributed by atoms with Gasteiger partial charge in [0.15, 0.2) is 0 Å². The topological polar surface area (TPSA) is 58.1 Å². The van der Waals surface area contributed by atoms with E-state index in [4.69, 9.17) is 0 Å². The van der Waals surface area contributed by atoms with Crippen LogP contribution in [0.5, 0.6) is 0 Å². The van der Waals surface area contributed by atoms with Gasteiger partial charge in [0.1, 0.15) is 17.5 Å². The first-order chi connectivity index (χ1) is 17.8. The number of amides is 1. The fourth-order valence-electron chi connectivity index (χ4n) is 4.23. The minimum atomic E-state index is -0.498. The zero-order valence-electron chi connectivity index (χ0n) is 20.2. The van der Waals surface area contributed by atoms with E-state index in [-0.39, 0.29) is 17.0 Å². The largest absolute Gasteiger partial charge is 0.351 e. The van der Waals surface area contributed by atoms with Gasteiger partial charge < -0.3 is 10.2 Å². The summed E-state index contributed by atoms with van der Waals surface area (Å²) in [6.45, 7) is 1.01. The molecule has 0 saturated carbocycles. The second-order valence-corrected chi connectivity index (χ2v) is 8.97. The number of aromatic nitrogens is 2. The summed E-state index contributed by atoms with van der Waals surface area (Å²) in [7, 11) is 3.78. The molecule has 186 valence electrons. The van der Waals surface area contributed by atoms with Crippen molar-refractivity contribution in [2.45, 2.75) is 0 Å². The van der Waals surface area contributed by atoms with Crippen LogP contribution in [0.1, 0.15) is 10.4 Å². The number of rotatable bonds is 6. The SMILES string of the molecule is CN(C)CCNC(=O)c1cc(-c2cc(-c3ccccc3F)nc3ccc(F)cc23)nc2ccc(F)cc12. The van der Waals surface area contributed by atoms with E-state index in [1.165, 1.54) is 42.5 Å². The summed E-state index contributed by atoms with van der Waals surface area (Å²) in [5.74, 6) is -1.81. The van der Waals surface area contributed by atoms with Crippen LogP contribution in [0.3, 0.4) is 0 Å². The van der Waals surface area contributed by atoms with Gasteiger partial charge in [-0.3, -0.25) is 4.79 Å². The number of halogens is 3. The molecule has 2 aromatic heterocycles. The Kier molecular flexibility index (Phi) is 6.58. The van der Waals surface area contributed by atoms with Crippen molar-refractivity contribution in [1.82, 2.24) is 20.2 Å². The molecule has 37 heavy (non-hydrogen) atoms. The number of carbonyl (C=O) groups is 1. The number of nitrogens with one attached hydrogen (secondary N) is 1. The molecule has 2 heterocycles. The summed E-state index contributed by atoms with van der Waals surface area (Å²) < 4.78 is 43.1. The van der Waals surface area contributed by atoms with Crippen molar-refractivity contribution in [2.24, 2.45) is 0 Å². The van der Waals surface area contributed by atoms with E-state index < -0.39 is 17.5 Å². The minimum absolute atomic E-state index is 0.229. The van der Waals surface area contributed by atoms with Crippen LogP contribution in [0.4, 0.5) is 13.2 Å². The van der Waals surface area contributed by atoms with Gasteiger partial charge in [-0.05, 0) is 74.8 Å². The van der Waals surface area contributed by atoms with Gasteiger partial charge in [0.25, 0.3) is 5.91 Å². The van der Waals surface area contributed by atoms with E-state index in [2.05, 4.69) is 15.3 Å². The van der Waals surface area contributed by atoms with Crippen molar-refractivity contribution in [2.75, 3.05) is 27.2 Å². The van der Waals surface area contributed by atoms with E-state index >= 15 is 0 Å². The van der Waals surface area contributed by atoms with E-state index in [0.717, 1.165) is 0 Å². The zero-order valence-corrected chi connectivity index (χ0v) is 20.2. The number of carbonyl (C=O) groups excluding carboxylic acids is 1. The first kappa shape index (κ1) is 24.4. The average Bonchev–Trinajstić information content (AvgIpc) is 2.87. The quantitative estimate of drug-likeness (QED) is 0.319. The van der Waals surface area contributed by atoms with Crippen LogP contribution < -0.4 is 5.32 Å². The Hall–Kier alpha value is -4.30. The molecular weight excluding hydrogens is 477 g/mol. The maximum Gasteiger partial charge on any atom is 0.252 e. The first-order valence-electron chi connectivity index (χ1n) is 11.7. The lowest BCUT2D eigenvalue weighted by Crippen LogP contribution is -2.31. The molecule has 0 bridgehead atoms. The Morgan fingerprint density at radius 3 is 2.08 bits per heavy atom. The maximum atomic E-state index is 14.7. The van der Waals surface area contributed by atoms with E-state index in [1.54, 1.807) is 30.3 Å². The summed E-state index contributed by atoms with van der Waals surface area (Å²) in [5.41, 5.74) is 2.50. The highest BCUT2D eigenvalue weighted by atomic mass is 19.1. The molecule has 1 N–H and O–H groups in total. The lowest BCUT2D eigenvalue weighted by atomic mass is 9.98. The monoisotopic (exact) mass is 500 g/mol. The van der Waals surface area contributed by atoms with Crippen molar-refractivity contribution in [3.8, 4) is 22.5 Å². The summed E-state index contributed by atoms with van der Waals surface area (Å²) in [5, 5.41) is 3.66. The molecule has 5 rings (SSSR count). The number of likely N-dealkylation sites (N-methyl/N-ethyl adjacent to an activating group) is 1. The summed E-state index contributed by atoms with van der Waals surface area (Å²) >= 11 is 0. The number of benzene rings is 3.